The van der Waals surface area contributed by atoms with Gasteiger partial charge in [-0.3, -0.25) is 19.2 Å². The Kier molecular flexibility index (Phi) is 38.4. The van der Waals surface area contributed by atoms with Crippen molar-refractivity contribution in [2.45, 2.75) is 118 Å². The van der Waals surface area contributed by atoms with E-state index in [0.29, 0.717) is 6.42 Å². The van der Waals surface area contributed by atoms with Crippen LogP contribution in [0.5, 0.6) is 0 Å². The minimum Gasteiger partial charge on any atom is -0.481 e. The van der Waals surface area contributed by atoms with Gasteiger partial charge in [0, 0.05) is 27.2 Å². The first-order valence-corrected chi connectivity index (χ1v) is 11.4. The van der Waals surface area contributed by atoms with E-state index >= 15 is 0 Å². The molecule has 4 N–H and O–H groups in total. The lowest BCUT2D eigenvalue weighted by molar-refractivity contribution is -0.137. The van der Waals surface area contributed by atoms with Gasteiger partial charge >= 0.3 is 5.97 Å². The van der Waals surface area contributed by atoms with Crippen LogP contribution in [-0.4, -0.2) is 44.3 Å². The molecule has 0 aliphatic rings. The van der Waals surface area contributed by atoms with Crippen molar-refractivity contribution in [2.24, 2.45) is 0 Å². The summed E-state index contributed by atoms with van der Waals surface area (Å²) in [6, 6.07) is 0. The number of unbranched alkanes of at least 4 members (excludes halogenated alkanes) is 11. The van der Waals surface area contributed by atoms with Gasteiger partial charge in [-0.25, -0.2) is 0 Å². The highest BCUT2D eigenvalue weighted by Gasteiger charge is 1.95. The third kappa shape index (κ3) is 91.6. The van der Waals surface area contributed by atoms with Gasteiger partial charge in [-0.1, -0.05) is 70.4 Å². The molecule has 0 atom stereocenters. The lowest BCUT2D eigenvalue weighted by Crippen LogP contribution is -1.93. The summed E-state index contributed by atoms with van der Waals surface area (Å²) in [5.41, 5.74) is 0. The van der Waals surface area contributed by atoms with Gasteiger partial charge in [0.25, 0.3) is 17.9 Å². The molecule has 0 unspecified atom stereocenters. The van der Waals surface area contributed by atoms with Crippen molar-refractivity contribution < 1.29 is 39.6 Å². The number of carbonyl (C=O) groups is 4. The molecule has 0 bridgehead atoms. The smallest absolute Gasteiger partial charge is 0.303 e. The van der Waals surface area contributed by atoms with Gasteiger partial charge in [0.1, 0.15) is 0 Å². The maximum atomic E-state index is 10.3. The van der Waals surface area contributed by atoms with Gasteiger partial charge in [0.05, 0.1) is 0 Å². The molecule has 0 aliphatic carbocycles. The summed E-state index contributed by atoms with van der Waals surface area (Å²) >= 11 is 0. The maximum absolute atomic E-state index is 10.3. The molecule has 190 valence electrons. The van der Waals surface area contributed by atoms with E-state index in [4.69, 9.17) is 34.8 Å². The number of aliphatic carboxylic acids is 4. The van der Waals surface area contributed by atoms with E-state index in [0.717, 1.165) is 33.6 Å². The quantitative estimate of drug-likeness (QED) is 0.162. The average Bonchev–Trinajstić information content (AvgIpc) is 2.63. The minimum absolute atomic E-state index is 0.332. The third-order valence-electron chi connectivity index (χ3n) is 3.65. The van der Waals surface area contributed by atoms with Crippen molar-refractivity contribution in [1.82, 2.24) is 0 Å². The van der Waals surface area contributed by atoms with Crippen LogP contribution in [0, 0.1) is 0 Å². The molecule has 0 aromatic rings. The summed E-state index contributed by atoms with van der Waals surface area (Å²) in [7, 11) is 0. The predicted molar refractivity (Wildman–Crippen MR) is 127 cm³/mol. The van der Waals surface area contributed by atoms with Crippen LogP contribution >= 0.6 is 0 Å². The fourth-order valence-electron chi connectivity index (χ4n) is 2.35. The van der Waals surface area contributed by atoms with Crippen LogP contribution in [0.25, 0.3) is 0 Å². The fourth-order valence-corrected chi connectivity index (χ4v) is 2.35. The second-order valence-corrected chi connectivity index (χ2v) is 7.29. The van der Waals surface area contributed by atoms with E-state index in [9.17, 15) is 4.79 Å². The molecule has 0 radical (unpaired) electrons. The molecule has 8 heteroatoms. The molecular formula is C24H46O8. The van der Waals surface area contributed by atoms with Crippen molar-refractivity contribution in [2.75, 3.05) is 0 Å². The zero-order chi connectivity index (χ0) is 25.6. The summed E-state index contributed by atoms with van der Waals surface area (Å²) in [6.07, 6.45) is 21.2. The molecule has 0 fully saturated rings. The van der Waals surface area contributed by atoms with E-state index in [2.05, 4.69) is 19.1 Å². The van der Waals surface area contributed by atoms with Crippen LogP contribution < -0.4 is 0 Å². The number of allylic oxidation sites excluding steroid dienone is 2. The van der Waals surface area contributed by atoms with Crippen molar-refractivity contribution >= 4 is 23.9 Å². The van der Waals surface area contributed by atoms with E-state index in [1.807, 2.05) is 0 Å². The minimum atomic E-state index is -0.833. The van der Waals surface area contributed by atoms with Gasteiger partial charge in [-0.15, -0.1) is 0 Å². The molecule has 0 heterocycles. The first kappa shape index (κ1) is 37.0. The van der Waals surface area contributed by atoms with Crippen LogP contribution in [0.2, 0.25) is 0 Å². The van der Waals surface area contributed by atoms with Crippen molar-refractivity contribution in [3.63, 3.8) is 0 Å². The van der Waals surface area contributed by atoms with Crippen LogP contribution in [0.15, 0.2) is 12.2 Å². The molecule has 0 saturated carbocycles. The SMILES string of the molecule is CC(=O)O.CC(=O)O.CC(=O)O.CCCCCCCC/C=C\CCCCCCCC(=O)O. The Labute approximate surface area is 193 Å². The molecule has 0 amide bonds. The summed E-state index contributed by atoms with van der Waals surface area (Å²) < 4.78 is 0. The van der Waals surface area contributed by atoms with Crippen LogP contribution in [0.4, 0.5) is 0 Å². The monoisotopic (exact) mass is 462 g/mol. The molecule has 8 nitrogen and oxygen atoms in total. The van der Waals surface area contributed by atoms with Gasteiger partial charge < -0.3 is 20.4 Å². The largest absolute Gasteiger partial charge is 0.481 e. The van der Waals surface area contributed by atoms with Crippen molar-refractivity contribution in [3.8, 4) is 0 Å². The summed E-state index contributed by atoms with van der Waals surface area (Å²) in [4.78, 5) is 37.3. The lowest BCUT2D eigenvalue weighted by Gasteiger charge is -1.99. The average molecular weight is 463 g/mol. The summed E-state index contributed by atoms with van der Waals surface area (Å²) in [5.74, 6) is -3.16. The Hall–Kier alpha value is -2.38. The second kappa shape index (κ2) is 33.3. The van der Waals surface area contributed by atoms with Gasteiger partial charge in [0.15, 0.2) is 0 Å². The van der Waals surface area contributed by atoms with Crippen molar-refractivity contribution in [1.29, 1.82) is 0 Å². The standard InChI is InChI=1S/C18H34O2.3C2H4O2/c1-2-3-4-5-6-7-8-9-10-11-12-13-14-15-16-17-18(19)20;3*1-2(3)4/h9-10H,2-8,11-17H2,1H3,(H,19,20);3*1H3,(H,3,4)/b10-9-;;;. The Morgan fingerprint density at radius 1 is 0.531 bits per heavy atom. The Balaban J connectivity index is -0.000000267. The maximum Gasteiger partial charge on any atom is 0.303 e. The molecule has 0 aromatic heterocycles. The highest BCUT2D eigenvalue weighted by Crippen LogP contribution is 2.09. The van der Waals surface area contributed by atoms with Crippen LogP contribution in [0.3, 0.4) is 0 Å². The van der Waals surface area contributed by atoms with Crippen molar-refractivity contribution in [3.05, 3.63) is 12.2 Å². The van der Waals surface area contributed by atoms with E-state index < -0.39 is 23.9 Å². The molecular weight excluding hydrogens is 416 g/mol. The number of hydrogen-bond donors (Lipinski definition) is 4. The highest BCUT2D eigenvalue weighted by molar-refractivity contribution is 5.66. The number of hydrogen-bond acceptors (Lipinski definition) is 4. The van der Waals surface area contributed by atoms with Gasteiger partial charge in [-0.05, 0) is 32.1 Å². The Morgan fingerprint density at radius 2 is 0.812 bits per heavy atom. The molecule has 0 aliphatic heterocycles. The lowest BCUT2D eigenvalue weighted by atomic mass is 10.1. The Morgan fingerprint density at radius 3 is 1.12 bits per heavy atom. The molecule has 0 spiro atoms. The Bertz CT molecular complexity index is 432. The van der Waals surface area contributed by atoms with Crippen LogP contribution in [0.1, 0.15) is 118 Å². The number of carboxylic acid groups (broad SMARTS) is 4. The first-order chi connectivity index (χ1) is 15.0. The van der Waals surface area contributed by atoms with E-state index in [1.54, 1.807) is 0 Å². The van der Waals surface area contributed by atoms with E-state index in [-0.39, 0.29) is 0 Å². The topological polar surface area (TPSA) is 149 Å². The normalized spacial score (nSPS) is 9.38. The molecule has 0 saturated heterocycles. The predicted octanol–water partition coefficient (Wildman–Crippen LogP) is 6.38. The molecule has 32 heavy (non-hydrogen) atoms. The summed E-state index contributed by atoms with van der Waals surface area (Å²) in [6.45, 7) is 5.51. The van der Waals surface area contributed by atoms with Gasteiger partial charge in [0.2, 0.25) is 0 Å². The number of rotatable bonds is 15. The number of carboxylic acids is 4. The summed E-state index contributed by atoms with van der Waals surface area (Å²) in [5, 5.41) is 30.8. The van der Waals surface area contributed by atoms with Crippen LogP contribution in [-0.2, 0) is 19.2 Å². The first-order valence-electron chi connectivity index (χ1n) is 11.4. The van der Waals surface area contributed by atoms with E-state index in [1.165, 1.54) is 70.6 Å². The third-order valence-corrected chi connectivity index (χ3v) is 3.65. The zero-order valence-corrected chi connectivity index (χ0v) is 20.5. The second-order valence-electron chi connectivity index (χ2n) is 7.29. The fraction of sp³-hybridized carbons (Fsp3) is 0.750. The highest BCUT2D eigenvalue weighted by atomic mass is 16.4. The van der Waals surface area contributed by atoms with Gasteiger partial charge in [-0.2, -0.15) is 0 Å². The molecule has 0 rings (SSSR count). The molecule has 0 aromatic carbocycles. The zero-order valence-electron chi connectivity index (χ0n) is 20.5.